The molecule has 0 radical (unpaired) electrons. The number of carbonyl (C=O) groups excluding carboxylic acids is 1. The molecule has 2 N–H and O–H groups in total. The zero-order valence-corrected chi connectivity index (χ0v) is 9.84. The van der Waals surface area contributed by atoms with Gasteiger partial charge in [0.15, 0.2) is 0 Å². The fraction of sp³-hybridized carbons (Fsp3) is 0.286. The smallest absolute Gasteiger partial charge is 0.271 e. The van der Waals surface area contributed by atoms with Crippen molar-refractivity contribution < 1.29 is 9.90 Å². The average molecular weight is 242 g/mol. The van der Waals surface area contributed by atoms with E-state index in [0.717, 1.165) is 18.6 Å². The third kappa shape index (κ3) is 1.90. The van der Waals surface area contributed by atoms with Gasteiger partial charge in [-0.1, -0.05) is 12.2 Å². The number of nitrogens with zero attached hydrogens (tertiary/aromatic N) is 1. The summed E-state index contributed by atoms with van der Waals surface area (Å²) in [5.41, 5.74) is 4.12. The van der Waals surface area contributed by atoms with E-state index in [4.69, 9.17) is 5.11 Å². The molecule has 0 bridgehead atoms. The molecule has 0 aliphatic heterocycles. The van der Waals surface area contributed by atoms with Gasteiger partial charge in [0.05, 0.1) is 0 Å². The van der Waals surface area contributed by atoms with Gasteiger partial charge in [-0.2, -0.15) is 5.10 Å². The molecule has 1 fully saturated rings. The lowest BCUT2D eigenvalue weighted by Gasteiger charge is -2.31. The van der Waals surface area contributed by atoms with Gasteiger partial charge in [0.1, 0.15) is 5.75 Å². The summed E-state index contributed by atoms with van der Waals surface area (Å²) >= 11 is 0. The summed E-state index contributed by atoms with van der Waals surface area (Å²) in [4.78, 5) is 11.8. The molecule has 3 rings (SSSR count). The number of nitrogens with one attached hydrogen (secondary N) is 1. The standard InChI is InChI=1S/C14H14N2O2/c17-11-6-4-9(5-7-11)14(18)16-15-13-8-10-2-1-3-12(10)13/h1,3-7,10,12,17H,2,8H2,(H,16,18)/b15-13-/t10-,12-/m0/s1. The second-order valence-corrected chi connectivity index (χ2v) is 4.74. The van der Waals surface area contributed by atoms with E-state index < -0.39 is 0 Å². The maximum absolute atomic E-state index is 11.8. The van der Waals surface area contributed by atoms with Gasteiger partial charge >= 0.3 is 0 Å². The van der Waals surface area contributed by atoms with E-state index in [1.54, 1.807) is 12.1 Å². The van der Waals surface area contributed by atoms with Crippen LogP contribution in [0.25, 0.3) is 0 Å². The number of carbonyl (C=O) groups is 1. The predicted octanol–water partition coefficient (Wildman–Crippen LogP) is 2.07. The van der Waals surface area contributed by atoms with Crippen LogP contribution >= 0.6 is 0 Å². The van der Waals surface area contributed by atoms with Crippen molar-refractivity contribution in [3.63, 3.8) is 0 Å². The first kappa shape index (κ1) is 11.0. The molecule has 2 atom stereocenters. The van der Waals surface area contributed by atoms with Crippen LogP contribution in [0.5, 0.6) is 5.75 Å². The molecule has 2 aliphatic rings. The van der Waals surface area contributed by atoms with Gasteiger partial charge in [-0.3, -0.25) is 4.79 Å². The number of hydrogen-bond acceptors (Lipinski definition) is 3. The van der Waals surface area contributed by atoms with E-state index in [9.17, 15) is 4.79 Å². The minimum absolute atomic E-state index is 0.149. The number of phenolic OH excluding ortho intramolecular Hbond substituents is 1. The molecule has 1 saturated carbocycles. The molecule has 0 heterocycles. The van der Waals surface area contributed by atoms with Crippen LogP contribution in [0.2, 0.25) is 0 Å². The normalized spacial score (nSPS) is 26.8. The maximum atomic E-state index is 11.8. The van der Waals surface area contributed by atoms with Gasteiger partial charge < -0.3 is 5.11 Å². The van der Waals surface area contributed by atoms with Crippen molar-refractivity contribution in [1.29, 1.82) is 0 Å². The highest BCUT2D eigenvalue weighted by molar-refractivity contribution is 5.98. The first-order chi connectivity index (χ1) is 8.74. The second-order valence-electron chi connectivity index (χ2n) is 4.74. The quantitative estimate of drug-likeness (QED) is 0.616. The number of aromatic hydroxyl groups is 1. The molecule has 1 aromatic carbocycles. The van der Waals surface area contributed by atoms with E-state index in [1.807, 2.05) is 0 Å². The Bertz CT molecular complexity index is 531. The van der Waals surface area contributed by atoms with Gasteiger partial charge in [-0.15, -0.1) is 0 Å². The van der Waals surface area contributed by atoms with Crippen LogP contribution in [-0.4, -0.2) is 16.7 Å². The van der Waals surface area contributed by atoms with Gasteiger partial charge in [-0.25, -0.2) is 5.43 Å². The maximum Gasteiger partial charge on any atom is 0.271 e. The monoisotopic (exact) mass is 242 g/mol. The minimum Gasteiger partial charge on any atom is -0.508 e. The van der Waals surface area contributed by atoms with Crippen molar-refractivity contribution in [3.8, 4) is 5.75 Å². The Morgan fingerprint density at radius 2 is 2.11 bits per heavy atom. The molecule has 0 aromatic heterocycles. The zero-order chi connectivity index (χ0) is 12.5. The fourth-order valence-electron chi connectivity index (χ4n) is 2.46. The summed E-state index contributed by atoms with van der Waals surface area (Å²) in [6, 6.07) is 6.12. The molecular formula is C14H14N2O2. The summed E-state index contributed by atoms with van der Waals surface area (Å²) in [6.07, 6.45) is 6.46. The van der Waals surface area contributed by atoms with Crippen molar-refractivity contribution in [2.45, 2.75) is 12.8 Å². The molecular weight excluding hydrogens is 228 g/mol. The number of hydrogen-bond donors (Lipinski definition) is 2. The first-order valence-electron chi connectivity index (χ1n) is 6.06. The van der Waals surface area contributed by atoms with Crippen molar-refractivity contribution >= 4 is 11.6 Å². The van der Waals surface area contributed by atoms with Crippen LogP contribution in [0.4, 0.5) is 0 Å². The fourth-order valence-corrected chi connectivity index (χ4v) is 2.46. The number of fused-ring (bicyclic) bond motifs is 1. The van der Waals surface area contributed by atoms with Gasteiger partial charge in [0.2, 0.25) is 0 Å². The molecule has 1 amide bonds. The number of allylic oxidation sites excluding steroid dienone is 2. The Morgan fingerprint density at radius 1 is 1.33 bits per heavy atom. The molecule has 4 heteroatoms. The summed E-state index contributed by atoms with van der Waals surface area (Å²) in [6.45, 7) is 0. The highest BCUT2D eigenvalue weighted by atomic mass is 16.3. The van der Waals surface area contributed by atoms with Crippen molar-refractivity contribution in [1.82, 2.24) is 5.43 Å². The van der Waals surface area contributed by atoms with Crippen molar-refractivity contribution in [3.05, 3.63) is 42.0 Å². The van der Waals surface area contributed by atoms with E-state index in [1.165, 1.54) is 12.1 Å². The molecule has 92 valence electrons. The lowest BCUT2D eigenvalue weighted by molar-refractivity contribution is 0.0954. The summed E-state index contributed by atoms with van der Waals surface area (Å²) < 4.78 is 0. The van der Waals surface area contributed by atoms with Gasteiger partial charge in [-0.05, 0) is 43.0 Å². The number of benzene rings is 1. The lowest BCUT2D eigenvalue weighted by atomic mass is 9.74. The highest BCUT2D eigenvalue weighted by Crippen LogP contribution is 2.40. The Kier molecular flexibility index (Phi) is 2.63. The number of rotatable bonds is 2. The summed E-state index contributed by atoms with van der Waals surface area (Å²) in [5, 5.41) is 13.3. The topological polar surface area (TPSA) is 61.7 Å². The number of hydrazone groups is 1. The van der Waals surface area contributed by atoms with Crippen LogP contribution in [0.15, 0.2) is 41.5 Å². The third-order valence-electron chi connectivity index (χ3n) is 3.58. The second kappa shape index (κ2) is 4.29. The van der Waals surface area contributed by atoms with E-state index in [0.29, 0.717) is 17.4 Å². The van der Waals surface area contributed by atoms with Crippen LogP contribution in [0.3, 0.4) is 0 Å². The van der Waals surface area contributed by atoms with Crippen LogP contribution < -0.4 is 5.43 Å². The molecule has 18 heavy (non-hydrogen) atoms. The zero-order valence-electron chi connectivity index (χ0n) is 9.84. The highest BCUT2D eigenvalue weighted by Gasteiger charge is 2.37. The number of amides is 1. The number of phenols is 1. The average Bonchev–Trinajstić information content (AvgIpc) is 2.72. The molecule has 1 aromatic rings. The van der Waals surface area contributed by atoms with Gasteiger partial charge in [0, 0.05) is 17.2 Å². The third-order valence-corrected chi connectivity index (χ3v) is 3.58. The minimum atomic E-state index is -0.243. The van der Waals surface area contributed by atoms with Gasteiger partial charge in [0.25, 0.3) is 5.91 Å². The van der Waals surface area contributed by atoms with Crippen LogP contribution in [0.1, 0.15) is 23.2 Å². The van der Waals surface area contributed by atoms with E-state index >= 15 is 0 Å². The summed E-state index contributed by atoms with van der Waals surface area (Å²) in [7, 11) is 0. The Morgan fingerprint density at radius 3 is 2.83 bits per heavy atom. The van der Waals surface area contributed by atoms with Crippen molar-refractivity contribution in [2.24, 2.45) is 16.9 Å². The molecule has 0 saturated heterocycles. The SMILES string of the molecule is O=C(N/N=C1/C[C@@H]2CC=C[C@H]12)c1ccc(O)cc1. The first-order valence-corrected chi connectivity index (χ1v) is 6.06. The predicted molar refractivity (Wildman–Crippen MR) is 68.4 cm³/mol. The van der Waals surface area contributed by atoms with Crippen molar-refractivity contribution in [2.75, 3.05) is 0 Å². The lowest BCUT2D eigenvalue weighted by Crippen LogP contribution is -2.35. The van der Waals surface area contributed by atoms with Crippen LogP contribution in [-0.2, 0) is 0 Å². The molecule has 0 spiro atoms. The Balaban J connectivity index is 1.63. The molecule has 2 aliphatic carbocycles. The van der Waals surface area contributed by atoms with Crippen LogP contribution in [0, 0.1) is 11.8 Å². The molecule has 0 unspecified atom stereocenters. The van der Waals surface area contributed by atoms with E-state index in [2.05, 4.69) is 22.7 Å². The largest absolute Gasteiger partial charge is 0.508 e. The summed E-state index contributed by atoms with van der Waals surface area (Å²) in [5.74, 6) is 1.04. The Labute approximate surface area is 105 Å². The Hall–Kier alpha value is -2.10. The molecule has 4 nitrogen and oxygen atoms in total. The van der Waals surface area contributed by atoms with E-state index in [-0.39, 0.29) is 11.7 Å².